The second-order valence-corrected chi connectivity index (χ2v) is 6.22. The number of hydrogen-bond acceptors (Lipinski definition) is 3. The summed E-state index contributed by atoms with van der Waals surface area (Å²) in [7, 11) is 0. The monoisotopic (exact) mass is 344 g/mol. The van der Waals surface area contributed by atoms with Crippen molar-refractivity contribution in [2.45, 2.75) is 12.2 Å². The maximum Gasteiger partial charge on any atom is 0.416 e. The van der Waals surface area contributed by atoms with Gasteiger partial charge in [-0.15, -0.1) is 0 Å². The largest absolute Gasteiger partial charge is 0.416 e. The van der Waals surface area contributed by atoms with E-state index in [0.29, 0.717) is 31.7 Å². The molecule has 0 saturated carbocycles. The predicted molar refractivity (Wildman–Crippen MR) is 82.0 cm³/mol. The fourth-order valence-corrected chi connectivity index (χ4v) is 3.67. The highest BCUT2D eigenvalue weighted by Crippen LogP contribution is 2.40. The van der Waals surface area contributed by atoms with Crippen molar-refractivity contribution < 1.29 is 17.6 Å². The number of benzene rings is 1. The smallest absolute Gasteiger partial charge is 0.314 e. The molecule has 2 nitrogen and oxygen atoms in total. The number of rotatable bonds is 3. The first-order valence-corrected chi connectivity index (χ1v) is 8.25. The van der Waals surface area contributed by atoms with Crippen molar-refractivity contribution in [1.82, 2.24) is 10.2 Å². The average molecular weight is 344 g/mol. The summed E-state index contributed by atoms with van der Waals surface area (Å²) < 4.78 is 54.6. The molecule has 1 saturated heterocycles. The van der Waals surface area contributed by atoms with E-state index in [1.807, 2.05) is 4.90 Å². The second kappa shape index (κ2) is 6.59. The Morgan fingerprint density at radius 2 is 1.87 bits per heavy atom. The number of thiophene rings is 1. The standard InChI is InChI=1S/C16H16F4N2S/c17-13-3-1-2-12(16(18,19)20)14(13)15(11-4-9-23-10-11)22-7-5-21-6-8-22/h1-4,9-10,15,21H,5-8H2/t15-/m0/s1. The third-order valence-corrected chi connectivity index (χ3v) is 4.71. The summed E-state index contributed by atoms with van der Waals surface area (Å²) in [6.45, 7) is 2.51. The van der Waals surface area contributed by atoms with Crippen LogP contribution >= 0.6 is 11.3 Å². The molecule has 1 N–H and O–H groups in total. The van der Waals surface area contributed by atoms with Gasteiger partial charge in [-0.25, -0.2) is 4.39 Å². The zero-order valence-corrected chi connectivity index (χ0v) is 13.1. The Labute approximate surface area is 135 Å². The summed E-state index contributed by atoms with van der Waals surface area (Å²) in [5.74, 6) is -0.811. The highest BCUT2D eigenvalue weighted by Gasteiger charge is 2.39. The molecule has 7 heteroatoms. The summed E-state index contributed by atoms with van der Waals surface area (Å²) in [6, 6.07) is 4.22. The van der Waals surface area contributed by atoms with Crippen LogP contribution in [0, 0.1) is 5.82 Å². The lowest BCUT2D eigenvalue weighted by atomic mass is 9.93. The Balaban J connectivity index is 2.14. The summed E-state index contributed by atoms with van der Waals surface area (Å²) in [5.41, 5.74) is -0.472. The van der Waals surface area contributed by atoms with Crippen molar-refractivity contribution in [3.8, 4) is 0 Å². The molecule has 1 aromatic carbocycles. The molecule has 1 fully saturated rings. The molecule has 23 heavy (non-hydrogen) atoms. The van der Waals surface area contributed by atoms with Crippen molar-refractivity contribution >= 4 is 11.3 Å². The predicted octanol–water partition coefficient (Wildman–Crippen LogP) is 3.90. The Bertz CT molecular complexity index is 649. The van der Waals surface area contributed by atoms with Gasteiger partial charge in [0.2, 0.25) is 0 Å². The summed E-state index contributed by atoms with van der Waals surface area (Å²) >= 11 is 1.40. The van der Waals surface area contributed by atoms with E-state index in [1.165, 1.54) is 11.3 Å². The first-order valence-electron chi connectivity index (χ1n) is 7.31. The summed E-state index contributed by atoms with van der Waals surface area (Å²) in [6.07, 6.45) is -4.58. The van der Waals surface area contributed by atoms with Gasteiger partial charge in [0.1, 0.15) is 5.82 Å². The van der Waals surface area contributed by atoms with Crippen LogP contribution in [0.1, 0.15) is 22.7 Å². The van der Waals surface area contributed by atoms with E-state index in [4.69, 9.17) is 0 Å². The van der Waals surface area contributed by atoms with Crippen molar-refractivity contribution in [2.75, 3.05) is 26.2 Å². The lowest BCUT2D eigenvalue weighted by molar-refractivity contribution is -0.138. The normalized spacial score (nSPS) is 18.1. The average Bonchev–Trinajstić information content (AvgIpc) is 3.03. The van der Waals surface area contributed by atoms with Crippen LogP contribution < -0.4 is 5.32 Å². The van der Waals surface area contributed by atoms with Gasteiger partial charge in [0, 0.05) is 31.7 Å². The number of nitrogens with zero attached hydrogens (tertiary/aromatic N) is 1. The summed E-state index contributed by atoms with van der Waals surface area (Å²) in [5, 5.41) is 6.77. The minimum absolute atomic E-state index is 0.277. The maximum absolute atomic E-state index is 14.4. The lowest BCUT2D eigenvalue weighted by Crippen LogP contribution is -2.45. The highest BCUT2D eigenvalue weighted by molar-refractivity contribution is 7.08. The van der Waals surface area contributed by atoms with E-state index in [1.54, 1.807) is 16.8 Å². The van der Waals surface area contributed by atoms with E-state index in [0.717, 1.165) is 18.2 Å². The molecule has 1 aliphatic rings. The van der Waals surface area contributed by atoms with Gasteiger partial charge in [-0.1, -0.05) is 6.07 Å². The lowest BCUT2D eigenvalue weighted by Gasteiger charge is -2.36. The van der Waals surface area contributed by atoms with E-state index < -0.39 is 23.6 Å². The number of alkyl halides is 3. The fraction of sp³-hybridized carbons (Fsp3) is 0.375. The van der Waals surface area contributed by atoms with Gasteiger partial charge in [0.25, 0.3) is 0 Å². The van der Waals surface area contributed by atoms with Gasteiger partial charge in [-0.05, 0) is 34.5 Å². The minimum Gasteiger partial charge on any atom is -0.314 e. The molecule has 0 bridgehead atoms. The van der Waals surface area contributed by atoms with Crippen LogP contribution in [-0.2, 0) is 6.18 Å². The molecule has 0 radical (unpaired) electrons. The molecule has 3 rings (SSSR count). The van der Waals surface area contributed by atoms with Gasteiger partial charge < -0.3 is 5.32 Å². The zero-order chi connectivity index (χ0) is 16.4. The summed E-state index contributed by atoms with van der Waals surface area (Å²) in [4.78, 5) is 1.91. The van der Waals surface area contributed by atoms with Crippen LogP contribution in [-0.4, -0.2) is 31.1 Å². The number of nitrogens with one attached hydrogen (secondary N) is 1. The molecular formula is C16H16F4N2S. The Kier molecular flexibility index (Phi) is 4.70. The minimum atomic E-state index is -4.58. The van der Waals surface area contributed by atoms with Gasteiger partial charge in [-0.2, -0.15) is 24.5 Å². The van der Waals surface area contributed by atoms with Crippen LogP contribution in [0.5, 0.6) is 0 Å². The van der Waals surface area contributed by atoms with Crippen LogP contribution in [0.15, 0.2) is 35.0 Å². The number of halogens is 4. The zero-order valence-electron chi connectivity index (χ0n) is 12.2. The highest BCUT2D eigenvalue weighted by atomic mass is 32.1. The van der Waals surface area contributed by atoms with E-state index >= 15 is 0 Å². The molecule has 1 atom stereocenters. The number of piperazine rings is 1. The molecule has 0 amide bonds. The molecule has 1 aromatic heterocycles. The Morgan fingerprint density at radius 1 is 1.13 bits per heavy atom. The molecule has 124 valence electrons. The molecule has 0 aliphatic carbocycles. The van der Waals surface area contributed by atoms with Crippen LogP contribution in [0.4, 0.5) is 17.6 Å². The van der Waals surface area contributed by atoms with Crippen molar-refractivity contribution in [3.63, 3.8) is 0 Å². The van der Waals surface area contributed by atoms with E-state index in [2.05, 4.69) is 5.32 Å². The van der Waals surface area contributed by atoms with Gasteiger partial charge in [-0.3, -0.25) is 4.90 Å². The molecular weight excluding hydrogens is 328 g/mol. The van der Waals surface area contributed by atoms with Crippen LogP contribution in [0.3, 0.4) is 0 Å². The van der Waals surface area contributed by atoms with Crippen LogP contribution in [0.25, 0.3) is 0 Å². The molecule has 0 unspecified atom stereocenters. The third kappa shape index (κ3) is 3.41. The SMILES string of the molecule is Fc1cccc(C(F)(F)F)c1[C@H](c1ccsc1)N1CCNCC1. The first-order chi connectivity index (χ1) is 11.0. The topological polar surface area (TPSA) is 15.3 Å². The molecule has 0 spiro atoms. The Hall–Kier alpha value is -1.44. The quantitative estimate of drug-likeness (QED) is 0.850. The third-order valence-electron chi connectivity index (χ3n) is 4.01. The van der Waals surface area contributed by atoms with Gasteiger partial charge in [0.15, 0.2) is 0 Å². The van der Waals surface area contributed by atoms with Crippen molar-refractivity contribution in [2.24, 2.45) is 0 Å². The van der Waals surface area contributed by atoms with Crippen LogP contribution in [0.2, 0.25) is 0 Å². The molecule has 1 aliphatic heterocycles. The van der Waals surface area contributed by atoms with E-state index in [-0.39, 0.29) is 5.56 Å². The Morgan fingerprint density at radius 3 is 2.48 bits per heavy atom. The number of hydrogen-bond donors (Lipinski definition) is 1. The molecule has 2 heterocycles. The second-order valence-electron chi connectivity index (χ2n) is 5.44. The fourth-order valence-electron chi connectivity index (χ4n) is 2.99. The molecule has 2 aromatic rings. The van der Waals surface area contributed by atoms with Gasteiger partial charge in [0.05, 0.1) is 11.6 Å². The first kappa shape index (κ1) is 16.4. The maximum atomic E-state index is 14.4. The van der Waals surface area contributed by atoms with Gasteiger partial charge >= 0.3 is 6.18 Å². The van der Waals surface area contributed by atoms with E-state index in [9.17, 15) is 17.6 Å². The van der Waals surface area contributed by atoms with Crippen molar-refractivity contribution in [3.05, 3.63) is 57.5 Å². The van der Waals surface area contributed by atoms with Crippen molar-refractivity contribution in [1.29, 1.82) is 0 Å².